The molecule has 29 heavy (non-hydrogen) atoms. The van der Waals surface area contributed by atoms with Gasteiger partial charge < -0.3 is 19.5 Å². The Hall–Kier alpha value is -2.38. The molecule has 0 saturated carbocycles. The molecule has 7 heteroatoms. The fraction of sp³-hybridized carbons (Fsp3) is 0.409. The van der Waals surface area contributed by atoms with Gasteiger partial charge >= 0.3 is 0 Å². The fourth-order valence-electron chi connectivity index (χ4n) is 3.33. The van der Waals surface area contributed by atoms with Crippen molar-refractivity contribution in [3.05, 3.63) is 47.0 Å². The predicted octanol–water partition coefficient (Wildman–Crippen LogP) is 3.82. The summed E-state index contributed by atoms with van der Waals surface area (Å²) in [7, 11) is 4.60. The zero-order valence-electron chi connectivity index (χ0n) is 17.4. The van der Waals surface area contributed by atoms with E-state index in [1.165, 1.54) is 38.4 Å². The number of methoxy groups -OCH3 is 3. The number of aryl methyl sites for hydroxylation is 1. The summed E-state index contributed by atoms with van der Waals surface area (Å²) < 4.78 is 16.0. The molecule has 0 aromatic heterocycles. The van der Waals surface area contributed by atoms with E-state index in [-0.39, 0.29) is 5.91 Å². The van der Waals surface area contributed by atoms with Crippen LogP contribution < -0.4 is 19.5 Å². The fourth-order valence-corrected chi connectivity index (χ4v) is 4.31. The van der Waals surface area contributed by atoms with Crippen LogP contribution in [-0.4, -0.2) is 56.7 Å². The number of carbonyl (C=O) groups excluding carboxylic acids is 1. The third-order valence-corrected chi connectivity index (χ3v) is 5.93. The molecule has 1 N–H and O–H groups in total. The summed E-state index contributed by atoms with van der Waals surface area (Å²) in [5.41, 5.74) is 3.47. The Balaban J connectivity index is 1.80. The third kappa shape index (κ3) is 5.16. The monoisotopic (exact) mass is 416 g/mol. The van der Waals surface area contributed by atoms with Gasteiger partial charge in [-0.2, -0.15) is 11.8 Å². The minimum Gasteiger partial charge on any atom is -0.493 e. The van der Waals surface area contributed by atoms with Crippen molar-refractivity contribution < 1.29 is 19.0 Å². The summed E-state index contributed by atoms with van der Waals surface area (Å²) in [6.07, 6.45) is 0. The van der Waals surface area contributed by atoms with Crippen LogP contribution in [0.5, 0.6) is 17.2 Å². The van der Waals surface area contributed by atoms with Crippen molar-refractivity contribution in [1.29, 1.82) is 0 Å². The van der Waals surface area contributed by atoms with E-state index in [2.05, 4.69) is 28.4 Å². The quantitative estimate of drug-likeness (QED) is 0.740. The molecule has 0 aliphatic carbocycles. The smallest absolute Gasteiger partial charge is 0.255 e. The lowest BCUT2D eigenvalue weighted by molar-refractivity contribution is 0.102. The van der Waals surface area contributed by atoms with Crippen molar-refractivity contribution in [2.24, 2.45) is 0 Å². The highest BCUT2D eigenvalue weighted by molar-refractivity contribution is 7.99. The molecule has 1 amide bonds. The van der Waals surface area contributed by atoms with Crippen molar-refractivity contribution in [1.82, 2.24) is 4.90 Å². The van der Waals surface area contributed by atoms with Crippen molar-refractivity contribution in [2.45, 2.75) is 13.5 Å². The highest BCUT2D eigenvalue weighted by Gasteiger charge is 2.18. The van der Waals surface area contributed by atoms with E-state index in [0.29, 0.717) is 22.8 Å². The van der Waals surface area contributed by atoms with E-state index < -0.39 is 0 Å². The van der Waals surface area contributed by atoms with Crippen LogP contribution in [0.3, 0.4) is 0 Å². The lowest BCUT2D eigenvalue weighted by Crippen LogP contribution is -2.32. The zero-order valence-corrected chi connectivity index (χ0v) is 18.2. The normalized spacial score (nSPS) is 14.3. The van der Waals surface area contributed by atoms with Gasteiger partial charge in [0, 0.05) is 42.4 Å². The number of nitrogens with zero attached hydrogens (tertiary/aromatic N) is 1. The van der Waals surface area contributed by atoms with E-state index in [1.54, 1.807) is 12.1 Å². The maximum Gasteiger partial charge on any atom is 0.255 e. The number of thioether (sulfide) groups is 1. The average molecular weight is 417 g/mol. The standard InChI is InChI=1S/C22H28N2O4S/c1-15-5-6-16(14-24-7-9-29-10-8-24)11-18(15)23-22(25)17-12-19(26-2)21(28-4)20(13-17)27-3/h5-6,11-13H,7-10,14H2,1-4H3,(H,23,25). The highest BCUT2D eigenvalue weighted by Crippen LogP contribution is 2.38. The third-order valence-electron chi connectivity index (χ3n) is 4.99. The van der Waals surface area contributed by atoms with Gasteiger partial charge in [0.05, 0.1) is 21.3 Å². The number of hydrogen-bond acceptors (Lipinski definition) is 6. The minimum atomic E-state index is -0.223. The molecule has 1 aliphatic heterocycles. The second-order valence-corrected chi connectivity index (χ2v) is 8.13. The van der Waals surface area contributed by atoms with Crippen LogP contribution >= 0.6 is 11.8 Å². The van der Waals surface area contributed by atoms with E-state index in [0.717, 1.165) is 30.9 Å². The van der Waals surface area contributed by atoms with Gasteiger partial charge in [0.1, 0.15) is 0 Å². The maximum absolute atomic E-state index is 12.9. The van der Waals surface area contributed by atoms with Gasteiger partial charge in [0.2, 0.25) is 5.75 Å². The molecular weight excluding hydrogens is 388 g/mol. The van der Waals surface area contributed by atoms with E-state index in [4.69, 9.17) is 14.2 Å². The second-order valence-electron chi connectivity index (χ2n) is 6.91. The van der Waals surface area contributed by atoms with E-state index in [9.17, 15) is 4.79 Å². The molecule has 156 valence electrons. The number of amides is 1. The number of anilines is 1. The average Bonchev–Trinajstić information content (AvgIpc) is 2.75. The van der Waals surface area contributed by atoms with Gasteiger partial charge in [-0.1, -0.05) is 12.1 Å². The number of hydrogen-bond donors (Lipinski definition) is 1. The highest BCUT2D eigenvalue weighted by atomic mass is 32.2. The molecule has 1 aliphatic rings. The van der Waals surface area contributed by atoms with Crippen LogP contribution in [0.15, 0.2) is 30.3 Å². The van der Waals surface area contributed by atoms with Crippen molar-refractivity contribution in [2.75, 3.05) is 51.2 Å². The molecule has 2 aromatic carbocycles. The Morgan fingerprint density at radius 2 is 1.69 bits per heavy atom. The molecule has 0 radical (unpaired) electrons. The summed E-state index contributed by atoms with van der Waals surface area (Å²) in [5.74, 6) is 3.49. The van der Waals surface area contributed by atoms with Crippen molar-refractivity contribution >= 4 is 23.4 Å². The lowest BCUT2D eigenvalue weighted by atomic mass is 10.1. The van der Waals surface area contributed by atoms with Gasteiger partial charge in [0.15, 0.2) is 11.5 Å². The Labute approximate surface area is 176 Å². The number of benzene rings is 2. The molecule has 0 spiro atoms. The van der Waals surface area contributed by atoms with Gasteiger partial charge in [-0.15, -0.1) is 0 Å². The summed E-state index contributed by atoms with van der Waals surface area (Å²) in [6, 6.07) is 9.56. The largest absolute Gasteiger partial charge is 0.493 e. The van der Waals surface area contributed by atoms with Crippen molar-refractivity contribution in [3.63, 3.8) is 0 Å². The zero-order chi connectivity index (χ0) is 20.8. The summed E-state index contributed by atoms with van der Waals surface area (Å²) in [5, 5.41) is 3.03. The van der Waals surface area contributed by atoms with Crippen LogP contribution in [0.25, 0.3) is 0 Å². The molecule has 3 rings (SSSR count). The van der Waals surface area contributed by atoms with Gasteiger partial charge in [-0.25, -0.2) is 0 Å². The summed E-state index contributed by atoms with van der Waals surface area (Å²) >= 11 is 2.00. The Morgan fingerprint density at radius 1 is 1.03 bits per heavy atom. The number of rotatable bonds is 7. The number of nitrogens with one attached hydrogen (secondary N) is 1. The molecular formula is C22H28N2O4S. The lowest BCUT2D eigenvalue weighted by Gasteiger charge is -2.26. The predicted molar refractivity (Wildman–Crippen MR) is 118 cm³/mol. The van der Waals surface area contributed by atoms with E-state index >= 15 is 0 Å². The summed E-state index contributed by atoms with van der Waals surface area (Å²) in [4.78, 5) is 15.4. The molecule has 1 fully saturated rings. The van der Waals surface area contributed by atoms with Crippen LogP contribution in [0, 0.1) is 6.92 Å². The SMILES string of the molecule is COc1cc(C(=O)Nc2cc(CN3CCSCC3)ccc2C)cc(OC)c1OC. The number of ether oxygens (including phenoxy) is 3. The van der Waals surface area contributed by atoms with Crippen LogP contribution in [0.4, 0.5) is 5.69 Å². The second kappa shape index (κ2) is 9.89. The maximum atomic E-state index is 12.9. The van der Waals surface area contributed by atoms with Crippen LogP contribution in [-0.2, 0) is 6.54 Å². The Bertz CT molecular complexity index is 841. The minimum absolute atomic E-state index is 0.223. The van der Waals surface area contributed by atoms with Gasteiger partial charge in [-0.05, 0) is 36.2 Å². The van der Waals surface area contributed by atoms with Crippen molar-refractivity contribution in [3.8, 4) is 17.2 Å². The topological polar surface area (TPSA) is 60.0 Å². The Morgan fingerprint density at radius 3 is 2.28 bits per heavy atom. The summed E-state index contributed by atoms with van der Waals surface area (Å²) in [6.45, 7) is 5.09. The van der Waals surface area contributed by atoms with Gasteiger partial charge in [-0.3, -0.25) is 9.69 Å². The van der Waals surface area contributed by atoms with Crippen LogP contribution in [0.2, 0.25) is 0 Å². The molecule has 0 bridgehead atoms. The van der Waals surface area contributed by atoms with Gasteiger partial charge in [0.25, 0.3) is 5.91 Å². The molecule has 1 heterocycles. The molecule has 1 saturated heterocycles. The van der Waals surface area contributed by atoms with Crippen LogP contribution in [0.1, 0.15) is 21.5 Å². The first kappa shape index (κ1) is 21.3. The molecule has 0 atom stereocenters. The Kier molecular flexibility index (Phi) is 7.28. The first-order chi connectivity index (χ1) is 14.0. The molecule has 0 unspecified atom stereocenters. The number of carbonyl (C=O) groups is 1. The molecule has 2 aromatic rings. The van der Waals surface area contributed by atoms with E-state index in [1.807, 2.05) is 18.7 Å². The molecule has 6 nitrogen and oxygen atoms in total. The first-order valence-corrected chi connectivity index (χ1v) is 10.7. The first-order valence-electron chi connectivity index (χ1n) is 9.56.